The first-order valence-corrected chi connectivity index (χ1v) is 5.14. The molecular weight excluding hydrogens is 226 g/mol. The molecule has 0 saturated heterocycles. The third-order valence-corrected chi connectivity index (χ3v) is 2.35. The SMILES string of the molecule is CC(C)(CO)NC[C@@H](O)c1ccccc1.Cl. The molecule has 1 aromatic rings. The fraction of sp³-hybridized carbons (Fsp3) is 0.500. The van der Waals surface area contributed by atoms with Gasteiger partial charge in [-0.3, -0.25) is 0 Å². The van der Waals surface area contributed by atoms with Gasteiger partial charge in [0.05, 0.1) is 12.7 Å². The molecule has 3 nitrogen and oxygen atoms in total. The van der Waals surface area contributed by atoms with Gasteiger partial charge in [-0.15, -0.1) is 12.4 Å². The van der Waals surface area contributed by atoms with Crippen LogP contribution in [-0.4, -0.2) is 28.9 Å². The summed E-state index contributed by atoms with van der Waals surface area (Å²) in [5.74, 6) is 0. The summed E-state index contributed by atoms with van der Waals surface area (Å²) in [4.78, 5) is 0. The summed E-state index contributed by atoms with van der Waals surface area (Å²) in [7, 11) is 0. The molecule has 1 atom stereocenters. The highest BCUT2D eigenvalue weighted by Gasteiger charge is 2.17. The van der Waals surface area contributed by atoms with Crippen LogP contribution >= 0.6 is 12.4 Å². The second kappa shape index (κ2) is 6.86. The molecule has 0 radical (unpaired) electrons. The first kappa shape index (κ1) is 15.4. The maximum atomic E-state index is 9.84. The summed E-state index contributed by atoms with van der Waals surface area (Å²) in [5, 5.41) is 22.0. The smallest absolute Gasteiger partial charge is 0.0914 e. The molecule has 0 spiro atoms. The molecule has 0 heterocycles. The zero-order chi connectivity index (χ0) is 11.3. The van der Waals surface area contributed by atoms with E-state index in [-0.39, 0.29) is 24.6 Å². The molecule has 0 aliphatic carbocycles. The van der Waals surface area contributed by atoms with Crippen LogP contribution in [0, 0.1) is 0 Å². The third-order valence-electron chi connectivity index (χ3n) is 2.35. The quantitative estimate of drug-likeness (QED) is 0.737. The van der Waals surface area contributed by atoms with Crippen molar-refractivity contribution < 1.29 is 10.2 Å². The van der Waals surface area contributed by atoms with E-state index in [1.807, 2.05) is 44.2 Å². The largest absolute Gasteiger partial charge is 0.394 e. The Hall–Kier alpha value is -0.610. The Morgan fingerprint density at radius 3 is 2.31 bits per heavy atom. The van der Waals surface area contributed by atoms with Crippen LogP contribution in [0.3, 0.4) is 0 Å². The van der Waals surface area contributed by atoms with E-state index in [1.165, 1.54) is 0 Å². The summed E-state index contributed by atoms with van der Waals surface area (Å²) in [5.41, 5.74) is 0.536. The lowest BCUT2D eigenvalue weighted by atomic mass is 10.1. The average Bonchev–Trinajstić information content (AvgIpc) is 2.27. The van der Waals surface area contributed by atoms with Gasteiger partial charge in [0.25, 0.3) is 0 Å². The zero-order valence-electron chi connectivity index (χ0n) is 9.68. The van der Waals surface area contributed by atoms with E-state index < -0.39 is 6.10 Å². The minimum atomic E-state index is -0.531. The number of hydrogen-bond acceptors (Lipinski definition) is 3. The normalized spacial score (nSPS) is 13.0. The van der Waals surface area contributed by atoms with Gasteiger partial charge in [-0.25, -0.2) is 0 Å². The molecule has 0 saturated carbocycles. The topological polar surface area (TPSA) is 52.5 Å². The van der Waals surface area contributed by atoms with Gasteiger partial charge in [0.1, 0.15) is 0 Å². The second-order valence-electron chi connectivity index (χ2n) is 4.35. The monoisotopic (exact) mass is 245 g/mol. The molecule has 0 bridgehead atoms. The standard InChI is InChI=1S/C12H19NO2.ClH/c1-12(2,9-14)13-8-11(15)10-6-4-3-5-7-10;/h3-7,11,13-15H,8-9H2,1-2H3;1H/t11-;/m1./s1. The van der Waals surface area contributed by atoms with Gasteiger partial charge < -0.3 is 15.5 Å². The highest BCUT2D eigenvalue weighted by molar-refractivity contribution is 5.85. The molecule has 0 amide bonds. The molecule has 16 heavy (non-hydrogen) atoms. The Bertz CT molecular complexity index is 290. The lowest BCUT2D eigenvalue weighted by molar-refractivity contribution is 0.136. The van der Waals surface area contributed by atoms with Crippen LogP contribution in [0.4, 0.5) is 0 Å². The van der Waals surface area contributed by atoms with Crippen LogP contribution in [-0.2, 0) is 0 Å². The number of nitrogens with one attached hydrogen (secondary N) is 1. The van der Waals surface area contributed by atoms with Gasteiger partial charge in [0.2, 0.25) is 0 Å². The number of hydrogen-bond donors (Lipinski definition) is 3. The number of benzene rings is 1. The highest BCUT2D eigenvalue weighted by atomic mass is 35.5. The number of aliphatic hydroxyl groups excluding tert-OH is 2. The predicted molar refractivity (Wildman–Crippen MR) is 67.8 cm³/mol. The van der Waals surface area contributed by atoms with Gasteiger partial charge in [-0.2, -0.15) is 0 Å². The minimum absolute atomic E-state index is 0. The van der Waals surface area contributed by atoms with Crippen molar-refractivity contribution in [2.75, 3.05) is 13.2 Å². The van der Waals surface area contributed by atoms with Crippen molar-refractivity contribution in [1.29, 1.82) is 0 Å². The Labute approximate surface area is 103 Å². The average molecular weight is 246 g/mol. The van der Waals surface area contributed by atoms with Crippen molar-refractivity contribution in [1.82, 2.24) is 5.32 Å². The van der Waals surface area contributed by atoms with Crippen LogP contribution in [0.5, 0.6) is 0 Å². The van der Waals surface area contributed by atoms with E-state index in [1.54, 1.807) is 0 Å². The van der Waals surface area contributed by atoms with Gasteiger partial charge in [0.15, 0.2) is 0 Å². The molecular formula is C12H20ClNO2. The minimum Gasteiger partial charge on any atom is -0.394 e. The van der Waals surface area contributed by atoms with Crippen LogP contribution in [0.15, 0.2) is 30.3 Å². The van der Waals surface area contributed by atoms with Crippen LogP contribution < -0.4 is 5.32 Å². The van der Waals surface area contributed by atoms with Gasteiger partial charge >= 0.3 is 0 Å². The Morgan fingerprint density at radius 1 is 1.25 bits per heavy atom. The molecule has 1 rings (SSSR count). The van der Waals surface area contributed by atoms with E-state index >= 15 is 0 Å². The first-order chi connectivity index (χ1) is 7.05. The summed E-state index contributed by atoms with van der Waals surface area (Å²) in [6.45, 7) is 4.28. The predicted octanol–water partition coefficient (Wildman–Crippen LogP) is 1.50. The molecule has 1 aromatic carbocycles. The number of β-amino-alcohol motifs (C(OH)–C–C–N with tert-alkyl or cyclic N) is 1. The van der Waals surface area contributed by atoms with Crippen molar-refractivity contribution in [2.45, 2.75) is 25.5 Å². The zero-order valence-corrected chi connectivity index (χ0v) is 10.5. The number of aliphatic hydroxyl groups is 2. The Kier molecular flexibility index (Phi) is 6.60. The van der Waals surface area contributed by atoms with Crippen LogP contribution in [0.2, 0.25) is 0 Å². The van der Waals surface area contributed by atoms with Crippen LogP contribution in [0.1, 0.15) is 25.5 Å². The van der Waals surface area contributed by atoms with Crippen molar-refractivity contribution >= 4 is 12.4 Å². The maximum Gasteiger partial charge on any atom is 0.0914 e. The number of halogens is 1. The van der Waals surface area contributed by atoms with Gasteiger partial charge in [-0.1, -0.05) is 30.3 Å². The second-order valence-corrected chi connectivity index (χ2v) is 4.35. The highest BCUT2D eigenvalue weighted by Crippen LogP contribution is 2.12. The van der Waals surface area contributed by atoms with Crippen molar-refractivity contribution in [3.8, 4) is 0 Å². The third kappa shape index (κ3) is 4.94. The summed E-state index contributed by atoms with van der Waals surface area (Å²) in [6, 6.07) is 9.49. The molecule has 0 fully saturated rings. The van der Waals surface area contributed by atoms with Gasteiger partial charge in [0, 0.05) is 12.1 Å². The van der Waals surface area contributed by atoms with Crippen LogP contribution in [0.25, 0.3) is 0 Å². The maximum absolute atomic E-state index is 9.84. The molecule has 0 aliphatic heterocycles. The molecule has 92 valence electrons. The molecule has 0 aliphatic rings. The Balaban J connectivity index is 0.00000225. The van der Waals surface area contributed by atoms with E-state index in [9.17, 15) is 5.11 Å². The lowest BCUT2D eigenvalue weighted by Gasteiger charge is -2.25. The number of rotatable bonds is 5. The van der Waals surface area contributed by atoms with Crippen molar-refractivity contribution in [2.24, 2.45) is 0 Å². The van der Waals surface area contributed by atoms with Crippen molar-refractivity contribution in [3.63, 3.8) is 0 Å². The Morgan fingerprint density at radius 2 is 1.81 bits per heavy atom. The molecule has 4 heteroatoms. The molecule has 3 N–H and O–H groups in total. The molecule has 0 aromatic heterocycles. The summed E-state index contributed by atoms with van der Waals surface area (Å²) < 4.78 is 0. The summed E-state index contributed by atoms with van der Waals surface area (Å²) >= 11 is 0. The van der Waals surface area contributed by atoms with Gasteiger partial charge in [-0.05, 0) is 19.4 Å². The van der Waals surface area contributed by atoms with E-state index in [4.69, 9.17) is 5.11 Å². The van der Waals surface area contributed by atoms with Crippen molar-refractivity contribution in [3.05, 3.63) is 35.9 Å². The lowest BCUT2D eigenvalue weighted by Crippen LogP contribution is -2.44. The fourth-order valence-electron chi connectivity index (χ4n) is 1.22. The van der Waals surface area contributed by atoms with E-state index in [2.05, 4.69) is 5.32 Å². The fourth-order valence-corrected chi connectivity index (χ4v) is 1.22. The molecule has 0 unspecified atom stereocenters. The summed E-state index contributed by atoms with van der Waals surface area (Å²) in [6.07, 6.45) is -0.531. The first-order valence-electron chi connectivity index (χ1n) is 5.14. The van der Waals surface area contributed by atoms with E-state index in [0.29, 0.717) is 6.54 Å². The van der Waals surface area contributed by atoms with E-state index in [0.717, 1.165) is 5.56 Å².